The Balaban J connectivity index is 2.94. The average Bonchev–Trinajstić information content (AvgIpc) is 2.42. The minimum Gasteiger partial charge on any atom is -0.462 e. The smallest absolute Gasteiger partial charge is 0.338 e. The van der Waals surface area contributed by atoms with Gasteiger partial charge in [-0.15, -0.1) is 0 Å². The summed E-state index contributed by atoms with van der Waals surface area (Å²) in [4.78, 5) is 11.5. The second-order valence-corrected chi connectivity index (χ2v) is 6.19. The molecule has 5 nitrogen and oxygen atoms in total. The molecule has 0 amide bonds. The van der Waals surface area contributed by atoms with Crippen LogP contribution in [0, 0.1) is 5.82 Å². The molecule has 0 saturated heterocycles. The Labute approximate surface area is 123 Å². The van der Waals surface area contributed by atoms with Crippen LogP contribution in [0.5, 0.6) is 0 Å². The molecule has 0 bridgehead atoms. The van der Waals surface area contributed by atoms with E-state index in [9.17, 15) is 13.8 Å². The van der Waals surface area contributed by atoms with Crippen molar-refractivity contribution < 1.29 is 27.5 Å². The summed E-state index contributed by atoms with van der Waals surface area (Å²) in [7, 11) is -3.38. The van der Waals surface area contributed by atoms with E-state index in [0.717, 1.165) is 6.07 Å². The monoisotopic (exact) mass is 318 g/mol. The maximum atomic E-state index is 14.0. The summed E-state index contributed by atoms with van der Waals surface area (Å²) < 4.78 is 41.4. The van der Waals surface area contributed by atoms with E-state index < -0.39 is 19.4 Å². The minimum atomic E-state index is -3.38. The average molecular weight is 318 g/mol. The van der Waals surface area contributed by atoms with Gasteiger partial charge in [0.25, 0.3) is 0 Å². The first kappa shape index (κ1) is 17.8. The van der Waals surface area contributed by atoms with Gasteiger partial charge in [0.1, 0.15) is 5.82 Å². The van der Waals surface area contributed by atoms with Gasteiger partial charge < -0.3 is 13.8 Å². The number of hydrogen-bond donors (Lipinski definition) is 0. The molecule has 0 fully saturated rings. The number of esters is 1. The van der Waals surface area contributed by atoms with Crippen LogP contribution in [0.2, 0.25) is 0 Å². The van der Waals surface area contributed by atoms with Gasteiger partial charge in [-0.3, -0.25) is 4.57 Å². The molecular weight excluding hydrogens is 298 g/mol. The molecule has 7 heteroatoms. The Morgan fingerprint density at radius 2 is 1.76 bits per heavy atom. The van der Waals surface area contributed by atoms with Crippen molar-refractivity contribution in [3.63, 3.8) is 0 Å². The normalized spacial score (nSPS) is 11.4. The van der Waals surface area contributed by atoms with Crippen molar-refractivity contribution in [2.75, 3.05) is 19.8 Å². The van der Waals surface area contributed by atoms with E-state index in [1.54, 1.807) is 20.8 Å². The van der Waals surface area contributed by atoms with E-state index in [4.69, 9.17) is 13.8 Å². The molecule has 0 radical (unpaired) electrons. The van der Waals surface area contributed by atoms with Crippen LogP contribution >= 0.6 is 7.60 Å². The zero-order valence-electron chi connectivity index (χ0n) is 12.4. The summed E-state index contributed by atoms with van der Waals surface area (Å²) in [6.45, 7) is 5.67. The van der Waals surface area contributed by atoms with E-state index in [2.05, 4.69) is 0 Å². The van der Waals surface area contributed by atoms with Gasteiger partial charge in [-0.2, -0.15) is 0 Å². The van der Waals surface area contributed by atoms with Gasteiger partial charge in [0.2, 0.25) is 0 Å². The maximum Gasteiger partial charge on any atom is 0.338 e. The molecule has 1 aromatic rings. The number of halogens is 1. The number of benzene rings is 1. The Kier molecular flexibility index (Phi) is 7.02. The van der Waals surface area contributed by atoms with Crippen molar-refractivity contribution >= 4 is 13.6 Å². The van der Waals surface area contributed by atoms with Crippen LogP contribution in [-0.4, -0.2) is 25.8 Å². The molecule has 0 N–H and O–H groups in total. The van der Waals surface area contributed by atoms with Crippen molar-refractivity contribution in [3.8, 4) is 0 Å². The van der Waals surface area contributed by atoms with Crippen molar-refractivity contribution in [2.24, 2.45) is 0 Å². The minimum absolute atomic E-state index is 0.112. The Morgan fingerprint density at radius 1 is 1.14 bits per heavy atom. The highest BCUT2D eigenvalue weighted by Crippen LogP contribution is 2.51. The fourth-order valence-corrected chi connectivity index (χ4v) is 3.47. The second-order valence-electron chi connectivity index (χ2n) is 4.13. The standard InChI is InChI=1S/C14H20FO5P/c1-4-18-14(16)11-7-8-12(13(15)9-11)10-21(17,19-5-2)20-6-3/h7-9H,4-6,10H2,1-3H3. The first-order chi connectivity index (χ1) is 9.95. The number of rotatable bonds is 8. The second kappa shape index (κ2) is 8.27. The lowest BCUT2D eigenvalue weighted by molar-refractivity contribution is 0.0526. The molecule has 21 heavy (non-hydrogen) atoms. The first-order valence-corrected chi connectivity index (χ1v) is 8.52. The fourth-order valence-electron chi connectivity index (χ4n) is 1.75. The van der Waals surface area contributed by atoms with Gasteiger partial charge in [-0.05, 0) is 38.5 Å². The highest BCUT2D eigenvalue weighted by Gasteiger charge is 2.26. The van der Waals surface area contributed by atoms with Crippen molar-refractivity contribution in [1.29, 1.82) is 0 Å². The zero-order valence-corrected chi connectivity index (χ0v) is 13.3. The van der Waals surface area contributed by atoms with Crippen LogP contribution in [0.4, 0.5) is 4.39 Å². The topological polar surface area (TPSA) is 61.8 Å². The predicted octanol–water partition coefficient (Wildman–Crippen LogP) is 3.77. The van der Waals surface area contributed by atoms with E-state index in [1.807, 2.05) is 0 Å². The molecule has 1 aromatic carbocycles. The van der Waals surface area contributed by atoms with Crippen molar-refractivity contribution in [2.45, 2.75) is 26.9 Å². The molecule has 0 aliphatic carbocycles. The molecule has 0 aromatic heterocycles. The Hall–Kier alpha value is -1.23. The predicted molar refractivity (Wildman–Crippen MR) is 76.9 cm³/mol. The highest BCUT2D eigenvalue weighted by molar-refractivity contribution is 7.53. The van der Waals surface area contributed by atoms with Gasteiger partial charge in [0.05, 0.1) is 31.5 Å². The molecule has 118 valence electrons. The quantitative estimate of drug-likeness (QED) is 0.539. The number of carbonyl (C=O) groups is 1. The number of hydrogen-bond acceptors (Lipinski definition) is 5. The largest absolute Gasteiger partial charge is 0.462 e. The van der Waals surface area contributed by atoms with Crippen LogP contribution in [0.15, 0.2) is 18.2 Å². The SMILES string of the molecule is CCOC(=O)c1ccc(CP(=O)(OCC)OCC)c(F)c1. The molecule has 0 saturated carbocycles. The molecule has 0 spiro atoms. The lowest BCUT2D eigenvalue weighted by atomic mass is 10.1. The molecule has 0 heterocycles. The lowest BCUT2D eigenvalue weighted by Gasteiger charge is -2.17. The molecule has 0 atom stereocenters. The summed E-state index contributed by atoms with van der Waals surface area (Å²) in [5.74, 6) is -1.24. The zero-order chi connectivity index (χ0) is 15.9. The summed E-state index contributed by atoms with van der Waals surface area (Å²) in [6.07, 6.45) is -0.177. The van der Waals surface area contributed by atoms with Gasteiger partial charge in [-0.25, -0.2) is 9.18 Å². The summed E-state index contributed by atoms with van der Waals surface area (Å²) in [5, 5.41) is 0. The van der Waals surface area contributed by atoms with E-state index >= 15 is 0 Å². The van der Waals surface area contributed by atoms with Crippen LogP contribution < -0.4 is 0 Å². The third-order valence-electron chi connectivity index (χ3n) is 2.58. The number of ether oxygens (including phenoxy) is 1. The highest BCUT2D eigenvalue weighted by atomic mass is 31.2. The summed E-state index contributed by atoms with van der Waals surface area (Å²) >= 11 is 0. The Bertz CT molecular complexity index is 522. The van der Waals surface area contributed by atoms with E-state index in [-0.39, 0.29) is 37.1 Å². The van der Waals surface area contributed by atoms with Crippen LogP contribution in [0.3, 0.4) is 0 Å². The van der Waals surface area contributed by atoms with Gasteiger partial charge >= 0.3 is 13.6 Å². The molecule has 1 rings (SSSR count). The molecule has 0 aliphatic heterocycles. The van der Waals surface area contributed by atoms with E-state index in [0.29, 0.717) is 0 Å². The van der Waals surface area contributed by atoms with Crippen LogP contribution in [-0.2, 0) is 24.5 Å². The van der Waals surface area contributed by atoms with Crippen LogP contribution in [0.25, 0.3) is 0 Å². The van der Waals surface area contributed by atoms with Gasteiger partial charge in [0.15, 0.2) is 0 Å². The van der Waals surface area contributed by atoms with Crippen molar-refractivity contribution in [3.05, 3.63) is 35.1 Å². The third kappa shape index (κ3) is 5.23. The lowest BCUT2D eigenvalue weighted by Crippen LogP contribution is -2.06. The maximum absolute atomic E-state index is 14.0. The molecule has 0 unspecified atom stereocenters. The Morgan fingerprint density at radius 3 is 2.24 bits per heavy atom. The van der Waals surface area contributed by atoms with Crippen LogP contribution in [0.1, 0.15) is 36.7 Å². The fraction of sp³-hybridized carbons (Fsp3) is 0.500. The number of carbonyl (C=O) groups excluding carboxylic acids is 1. The first-order valence-electron chi connectivity index (χ1n) is 6.79. The summed E-state index contributed by atoms with van der Waals surface area (Å²) in [6, 6.07) is 3.89. The van der Waals surface area contributed by atoms with Crippen molar-refractivity contribution in [1.82, 2.24) is 0 Å². The third-order valence-corrected chi connectivity index (χ3v) is 4.61. The molecule has 0 aliphatic rings. The summed E-state index contributed by atoms with van der Waals surface area (Å²) in [5.41, 5.74) is 0.286. The van der Waals surface area contributed by atoms with Gasteiger partial charge in [0, 0.05) is 0 Å². The van der Waals surface area contributed by atoms with E-state index in [1.165, 1.54) is 12.1 Å². The van der Waals surface area contributed by atoms with Gasteiger partial charge in [-0.1, -0.05) is 6.07 Å². The molecular formula is C14H20FO5P.